The van der Waals surface area contributed by atoms with Gasteiger partial charge in [0.2, 0.25) is 21.8 Å². The van der Waals surface area contributed by atoms with Crippen LogP contribution in [-0.2, 0) is 32.6 Å². The number of nitro benzene ring substituents is 1. The molecular weight excluding hydrogens is 560 g/mol. The van der Waals surface area contributed by atoms with E-state index in [0.29, 0.717) is 6.42 Å². The minimum Gasteiger partial charge on any atom is -0.495 e. The van der Waals surface area contributed by atoms with Gasteiger partial charge in [-0.05, 0) is 30.5 Å². The number of ether oxygens (including phenoxy) is 1. The maximum Gasteiger partial charge on any atom is 0.271 e. The van der Waals surface area contributed by atoms with Crippen LogP contribution in [0.1, 0.15) is 31.4 Å². The first kappa shape index (κ1) is 32.1. The zero-order valence-electron chi connectivity index (χ0n) is 24.1. The lowest BCUT2D eigenvalue weighted by atomic mass is 10.0. The summed E-state index contributed by atoms with van der Waals surface area (Å²) in [4.78, 5) is 40.0. The minimum atomic E-state index is -4.14. The Morgan fingerprint density at radius 2 is 1.60 bits per heavy atom. The fourth-order valence-electron chi connectivity index (χ4n) is 4.36. The number of anilines is 1. The van der Waals surface area contributed by atoms with Crippen molar-refractivity contribution in [2.24, 2.45) is 0 Å². The molecule has 0 radical (unpaired) electrons. The van der Waals surface area contributed by atoms with Gasteiger partial charge in [0, 0.05) is 31.1 Å². The molecule has 3 aromatic carbocycles. The standard InChI is InChI=1S/C30H36N4O7S/c1-5-22(2)31-30(36)27(18-23-12-8-6-9-13-23)32(20-24-14-10-7-11-15-24)29(35)21-33(42(4,39)40)26-19-25(34(37)38)16-17-28(26)41-3/h6-17,19,22,27H,5,18,20-21H2,1-4H3,(H,31,36)/t22-,27+/m1/s1. The highest BCUT2D eigenvalue weighted by Gasteiger charge is 2.34. The van der Waals surface area contributed by atoms with Crippen LogP contribution < -0.4 is 14.4 Å². The number of sulfonamides is 1. The van der Waals surface area contributed by atoms with E-state index in [1.54, 1.807) is 12.1 Å². The fourth-order valence-corrected chi connectivity index (χ4v) is 5.20. The molecule has 0 aliphatic heterocycles. The molecule has 0 saturated carbocycles. The highest BCUT2D eigenvalue weighted by atomic mass is 32.2. The third kappa shape index (κ3) is 8.53. The van der Waals surface area contributed by atoms with E-state index in [0.717, 1.165) is 27.8 Å². The van der Waals surface area contributed by atoms with Gasteiger partial charge in [0.25, 0.3) is 5.69 Å². The summed E-state index contributed by atoms with van der Waals surface area (Å²) < 4.78 is 32.1. The van der Waals surface area contributed by atoms with E-state index < -0.39 is 33.4 Å². The lowest BCUT2D eigenvalue weighted by Crippen LogP contribution is -2.54. The van der Waals surface area contributed by atoms with Crippen LogP contribution >= 0.6 is 0 Å². The molecule has 2 atom stereocenters. The van der Waals surface area contributed by atoms with Crippen LogP contribution in [0.2, 0.25) is 0 Å². The summed E-state index contributed by atoms with van der Waals surface area (Å²) in [5.74, 6) is -1.02. The Balaban J connectivity index is 2.11. The van der Waals surface area contributed by atoms with Crippen molar-refractivity contribution in [1.29, 1.82) is 0 Å². The molecule has 224 valence electrons. The van der Waals surface area contributed by atoms with Gasteiger partial charge >= 0.3 is 0 Å². The molecule has 42 heavy (non-hydrogen) atoms. The molecule has 12 heteroatoms. The topological polar surface area (TPSA) is 139 Å². The number of benzene rings is 3. The fraction of sp³-hybridized carbons (Fsp3) is 0.333. The predicted octanol–water partition coefficient (Wildman–Crippen LogP) is 3.92. The molecule has 0 aliphatic rings. The first-order chi connectivity index (χ1) is 19.9. The first-order valence-corrected chi connectivity index (χ1v) is 15.3. The van der Waals surface area contributed by atoms with Crippen LogP contribution in [0.5, 0.6) is 5.75 Å². The molecule has 0 bridgehead atoms. The molecule has 0 fully saturated rings. The van der Waals surface area contributed by atoms with Crippen molar-refractivity contribution in [3.05, 3.63) is 100 Å². The molecule has 0 unspecified atom stereocenters. The van der Waals surface area contributed by atoms with Gasteiger partial charge in [0.1, 0.15) is 24.0 Å². The SMILES string of the molecule is CC[C@@H](C)NC(=O)[C@H](Cc1ccccc1)N(Cc1ccccc1)C(=O)CN(c1cc([N+](=O)[O-])ccc1OC)S(C)(=O)=O. The summed E-state index contributed by atoms with van der Waals surface area (Å²) in [5.41, 5.74) is 1.01. The Kier molecular flexibility index (Phi) is 11.0. The molecule has 11 nitrogen and oxygen atoms in total. The Labute approximate surface area is 246 Å². The number of nitro groups is 1. The minimum absolute atomic E-state index is 0.0226. The van der Waals surface area contributed by atoms with Gasteiger partial charge in [-0.2, -0.15) is 0 Å². The van der Waals surface area contributed by atoms with Crippen molar-refractivity contribution in [1.82, 2.24) is 10.2 Å². The zero-order chi connectivity index (χ0) is 30.9. The van der Waals surface area contributed by atoms with Crippen molar-refractivity contribution in [2.75, 3.05) is 24.2 Å². The molecule has 0 aliphatic carbocycles. The quantitative estimate of drug-likeness (QED) is 0.220. The van der Waals surface area contributed by atoms with E-state index in [1.807, 2.05) is 62.4 Å². The largest absolute Gasteiger partial charge is 0.495 e. The van der Waals surface area contributed by atoms with E-state index in [4.69, 9.17) is 4.74 Å². The number of methoxy groups -OCH3 is 1. The molecule has 3 aromatic rings. The van der Waals surface area contributed by atoms with Crippen LogP contribution in [0.25, 0.3) is 0 Å². The summed E-state index contributed by atoms with van der Waals surface area (Å²) in [6, 6.07) is 20.6. The van der Waals surface area contributed by atoms with Crippen molar-refractivity contribution < 1.29 is 27.7 Å². The Bertz CT molecular complexity index is 1480. The Morgan fingerprint density at radius 1 is 1.00 bits per heavy atom. The summed E-state index contributed by atoms with van der Waals surface area (Å²) in [7, 11) is -2.84. The van der Waals surface area contributed by atoms with Crippen molar-refractivity contribution >= 4 is 33.2 Å². The summed E-state index contributed by atoms with van der Waals surface area (Å²) in [6.07, 6.45) is 1.75. The number of nitrogens with one attached hydrogen (secondary N) is 1. The second-order valence-corrected chi connectivity index (χ2v) is 11.8. The monoisotopic (exact) mass is 596 g/mol. The van der Waals surface area contributed by atoms with Crippen molar-refractivity contribution in [2.45, 2.75) is 45.3 Å². The van der Waals surface area contributed by atoms with Gasteiger partial charge in [0.15, 0.2) is 0 Å². The third-order valence-electron chi connectivity index (χ3n) is 6.79. The average molecular weight is 597 g/mol. The second-order valence-electron chi connectivity index (χ2n) is 9.91. The molecular formula is C30H36N4O7S. The Hall–Kier alpha value is -4.45. The van der Waals surface area contributed by atoms with Gasteiger partial charge in [-0.25, -0.2) is 8.42 Å². The number of carbonyl (C=O) groups is 2. The number of non-ortho nitro benzene ring substituents is 1. The highest BCUT2D eigenvalue weighted by molar-refractivity contribution is 7.92. The maximum atomic E-state index is 14.2. The normalized spacial score (nSPS) is 12.6. The van der Waals surface area contributed by atoms with E-state index in [1.165, 1.54) is 24.1 Å². The van der Waals surface area contributed by atoms with Crippen LogP contribution in [-0.4, -0.2) is 62.0 Å². The third-order valence-corrected chi connectivity index (χ3v) is 7.92. The first-order valence-electron chi connectivity index (χ1n) is 13.4. The van der Waals surface area contributed by atoms with Gasteiger partial charge in [-0.15, -0.1) is 0 Å². The summed E-state index contributed by atoms with van der Waals surface area (Å²) >= 11 is 0. The van der Waals surface area contributed by atoms with E-state index in [2.05, 4.69) is 5.32 Å². The molecule has 0 saturated heterocycles. The van der Waals surface area contributed by atoms with Crippen molar-refractivity contribution in [3.63, 3.8) is 0 Å². The summed E-state index contributed by atoms with van der Waals surface area (Å²) in [6.45, 7) is 3.10. The lowest BCUT2D eigenvalue weighted by Gasteiger charge is -2.34. The van der Waals surface area contributed by atoms with Crippen molar-refractivity contribution in [3.8, 4) is 5.75 Å². The van der Waals surface area contributed by atoms with E-state index in [-0.39, 0.29) is 42.0 Å². The molecule has 0 spiro atoms. The van der Waals surface area contributed by atoms with Crippen LogP contribution in [0.3, 0.4) is 0 Å². The van der Waals surface area contributed by atoms with Gasteiger partial charge in [-0.3, -0.25) is 24.0 Å². The number of hydrogen-bond acceptors (Lipinski definition) is 7. The molecule has 2 amide bonds. The van der Waals surface area contributed by atoms with E-state index >= 15 is 0 Å². The van der Waals surface area contributed by atoms with Crippen LogP contribution in [0.4, 0.5) is 11.4 Å². The summed E-state index contributed by atoms with van der Waals surface area (Å²) in [5, 5.41) is 14.5. The van der Waals surface area contributed by atoms with Gasteiger partial charge in [-0.1, -0.05) is 67.6 Å². The number of nitrogens with zero attached hydrogens (tertiary/aromatic N) is 3. The van der Waals surface area contributed by atoms with E-state index in [9.17, 15) is 28.1 Å². The molecule has 1 N–H and O–H groups in total. The smallest absolute Gasteiger partial charge is 0.271 e. The molecule has 3 rings (SSSR count). The van der Waals surface area contributed by atoms with Crippen LogP contribution in [0, 0.1) is 10.1 Å². The van der Waals surface area contributed by atoms with Gasteiger partial charge in [0.05, 0.1) is 18.3 Å². The Morgan fingerprint density at radius 3 is 2.12 bits per heavy atom. The number of amides is 2. The van der Waals surface area contributed by atoms with Gasteiger partial charge < -0.3 is 15.0 Å². The lowest BCUT2D eigenvalue weighted by molar-refractivity contribution is -0.384. The van der Waals surface area contributed by atoms with Crippen LogP contribution in [0.15, 0.2) is 78.9 Å². The molecule has 0 heterocycles. The number of rotatable bonds is 14. The number of hydrogen-bond donors (Lipinski definition) is 1. The predicted molar refractivity (Wildman–Crippen MR) is 161 cm³/mol. The maximum absolute atomic E-state index is 14.2. The number of carbonyl (C=O) groups excluding carboxylic acids is 2. The second kappa shape index (κ2) is 14.4. The average Bonchev–Trinajstić information content (AvgIpc) is 2.97. The molecule has 0 aromatic heterocycles. The zero-order valence-corrected chi connectivity index (χ0v) is 24.9. The highest BCUT2D eigenvalue weighted by Crippen LogP contribution is 2.34.